The third-order valence-electron chi connectivity index (χ3n) is 7.30. The SMILES string of the molecule is CCNC(=O)[C@@H](NC(=O)[C@H](C)NC[C@H](Cc1ccccc1)NC(=O)c1cccc(C(=O)NCCc2cccc(F)c2)c1)C(C)C. The van der Waals surface area contributed by atoms with Gasteiger partial charge in [0.05, 0.1) is 6.04 Å². The highest BCUT2D eigenvalue weighted by molar-refractivity contribution is 5.99. The Hall–Kier alpha value is -4.57. The number of carbonyl (C=O) groups excluding carboxylic acids is 4. The van der Waals surface area contributed by atoms with Crippen LogP contribution in [0.2, 0.25) is 0 Å². The van der Waals surface area contributed by atoms with Crippen molar-refractivity contribution in [3.63, 3.8) is 0 Å². The molecule has 10 heteroatoms. The molecule has 3 atom stereocenters. The van der Waals surface area contributed by atoms with Gasteiger partial charge in [-0.25, -0.2) is 4.39 Å². The topological polar surface area (TPSA) is 128 Å². The van der Waals surface area contributed by atoms with E-state index in [-0.39, 0.29) is 48.0 Å². The van der Waals surface area contributed by atoms with Crippen molar-refractivity contribution in [3.8, 4) is 0 Å². The van der Waals surface area contributed by atoms with Gasteiger partial charge in [-0.2, -0.15) is 0 Å². The quantitative estimate of drug-likeness (QED) is 0.168. The molecule has 0 aromatic heterocycles. The second-order valence-electron chi connectivity index (χ2n) is 11.3. The van der Waals surface area contributed by atoms with Crippen LogP contribution in [0.25, 0.3) is 0 Å². The Morgan fingerprint density at radius 2 is 1.40 bits per heavy atom. The maximum atomic E-state index is 13.4. The van der Waals surface area contributed by atoms with Crippen LogP contribution in [-0.4, -0.2) is 61.4 Å². The lowest BCUT2D eigenvalue weighted by molar-refractivity contribution is -0.130. The minimum absolute atomic E-state index is 0.0934. The van der Waals surface area contributed by atoms with Gasteiger partial charge in [0.1, 0.15) is 11.9 Å². The van der Waals surface area contributed by atoms with E-state index in [1.807, 2.05) is 51.1 Å². The predicted octanol–water partition coefficient (Wildman–Crippen LogP) is 3.39. The van der Waals surface area contributed by atoms with Gasteiger partial charge in [-0.3, -0.25) is 19.2 Å². The van der Waals surface area contributed by atoms with Gasteiger partial charge in [0.25, 0.3) is 11.8 Å². The van der Waals surface area contributed by atoms with Gasteiger partial charge in [0.15, 0.2) is 0 Å². The molecule has 0 spiro atoms. The highest BCUT2D eigenvalue weighted by Gasteiger charge is 2.26. The van der Waals surface area contributed by atoms with Crippen LogP contribution in [-0.2, 0) is 22.4 Å². The molecule has 0 saturated heterocycles. The van der Waals surface area contributed by atoms with E-state index in [4.69, 9.17) is 0 Å². The minimum atomic E-state index is -0.660. The van der Waals surface area contributed by atoms with E-state index >= 15 is 0 Å². The molecule has 0 aliphatic heterocycles. The molecule has 3 aromatic carbocycles. The fourth-order valence-electron chi connectivity index (χ4n) is 4.77. The van der Waals surface area contributed by atoms with Gasteiger partial charge in [0.2, 0.25) is 11.8 Å². The molecule has 3 rings (SSSR count). The Bertz CT molecular complexity index is 1430. The lowest BCUT2D eigenvalue weighted by Crippen LogP contribution is -2.55. The van der Waals surface area contributed by atoms with Crippen LogP contribution in [0.5, 0.6) is 0 Å². The third-order valence-corrected chi connectivity index (χ3v) is 7.30. The molecule has 5 N–H and O–H groups in total. The van der Waals surface area contributed by atoms with E-state index in [0.29, 0.717) is 37.1 Å². The molecule has 0 bridgehead atoms. The second kappa shape index (κ2) is 17.7. The molecule has 45 heavy (non-hydrogen) atoms. The molecular weight excluding hydrogens is 573 g/mol. The Morgan fingerprint density at radius 1 is 0.733 bits per heavy atom. The summed E-state index contributed by atoms with van der Waals surface area (Å²) in [6.07, 6.45) is 0.972. The standard InChI is InChI=1S/C35H44FN5O4/c1-5-37-35(45)31(23(2)3)41-32(42)24(4)39-22-30(20-25-11-7-6-8-12-25)40-34(44)28-15-10-14-27(21-28)33(43)38-18-17-26-13-9-16-29(36)19-26/h6-16,19,21,23-24,30-31,39H,5,17-18,20,22H2,1-4H3,(H,37,45)(H,38,43)(H,40,44)(H,41,42)/t24-,30-,31-/m0/s1. The van der Waals surface area contributed by atoms with Gasteiger partial charge in [-0.05, 0) is 74.1 Å². The summed E-state index contributed by atoms with van der Waals surface area (Å²) in [6.45, 7) is 8.34. The van der Waals surface area contributed by atoms with Gasteiger partial charge in [-0.15, -0.1) is 0 Å². The Labute approximate surface area is 264 Å². The van der Waals surface area contributed by atoms with Gasteiger partial charge in [0, 0.05) is 36.8 Å². The number of rotatable bonds is 16. The summed E-state index contributed by atoms with van der Waals surface area (Å²) in [4.78, 5) is 51.5. The summed E-state index contributed by atoms with van der Waals surface area (Å²) in [6, 6.07) is 20.7. The number of hydrogen-bond acceptors (Lipinski definition) is 5. The van der Waals surface area contributed by atoms with Gasteiger partial charge in [-0.1, -0.05) is 62.4 Å². The predicted molar refractivity (Wildman–Crippen MR) is 173 cm³/mol. The molecule has 0 saturated carbocycles. The van der Waals surface area contributed by atoms with Gasteiger partial charge >= 0.3 is 0 Å². The molecule has 240 valence electrons. The zero-order chi connectivity index (χ0) is 32.8. The van der Waals surface area contributed by atoms with Crippen LogP contribution in [0, 0.1) is 11.7 Å². The molecule has 3 aromatic rings. The van der Waals surface area contributed by atoms with Gasteiger partial charge < -0.3 is 26.6 Å². The normalized spacial score (nSPS) is 12.9. The monoisotopic (exact) mass is 617 g/mol. The first-order valence-electron chi connectivity index (χ1n) is 15.4. The van der Waals surface area contributed by atoms with E-state index in [9.17, 15) is 23.6 Å². The first-order valence-corrected chi connectivity index (χ1v) is 15.4. The number of nitrogens with one attached hydrogen (secondary N) is 5. The first kappa shape index (κ1) is 34.9. The number of hydrogen-bond donors (Lipinski definition) is 5. The number of halogens is 1. The van der Waals surface area contributed by atoms with Crippen molar-refractivity contribution in [1.82, 2.24) is 26.6 Å². The maximum Gasteiger partial charge on any atom is 0.251 e. The molecule has 0 fully saturated rings. The van der Waals surface area contributed by atoms with E-state index < -0.39 is 12.1 Å². The summed E-state index contributed by atoms with van der Waals surface area (Å²) in [7, 11) is 0. The number of amides is 4. The molecule has 0 aliphatic carbocycles. The Morgan fingerprint density at radius 3 is 2.07 bits per heavy atom. The summed E-state index contributed by atoms with van der Waals surface area (Å²) in [5.41, 5.74) is 2.43. The molecule has 9 nitrogen and oxygen atoms in total. The highest BCUT2D eigenvalue weighted by Crippen LogP contribution is 2.10. The molecule has 0 radical (unpaired) electrons. The highest BCUT2D eigenvalue weighted by atomic mass is 19.1. The largest absolute Gasteiger partial charge is 0.355 e. The molecular formula is C35H44FN5O4. The fourth-order valence-corrected chi connectivity index (χ4v) is 4.77. The van der Waals surface area contributed by atoms with Crippen LogP contribution < -0.4 is 26.6 Å². The van der Waals surface area contributed by atoms with Crippen molar-refractivity contribution in [2.45, 2.75) is 58.7 Å². The molecule has 4 amide bonds. The maximum absolute atomic E-state index is 13.4. The summed E-state index contributed by atoms with van der Waals surface area (Å²) < 4.78 is 13.4. The zero-order valence-corrected chi connectivity index (χ0v) is 26.4. The lowest BCUT2D eigenvalue weighted by atomic mass is 10.0. The van der Waals surface area contributed by atoms with Crippen LogP contribution in [0.15, 0.2) is 78.9 Å². The Balaban J connectivity index is 1.63. The van der Waals surface area contributed by atoms with Crippen molar-refractivity contribution in [2.75, 3.05) is 19.6 Å². The molecule has 0 heterocycles. The zero-order valence-electron chi connectivity index (χ0n) is 26.4. The summed E-state index contributed by atoms with van der Waals surface area (Å²) in [5.74, 6) is -1.67. The van der Waals surface area contributed by atoms with Crippen molar-refractivity contribution in [1.29, 1.82) is 0 Å². The van der Waals surface area contributed by atoms with E-state index in [0.717, 1.165) is 11.1 Å². The van der Waals surface area contributed by atoms with Crippen LogP contribution in [0.3, 0.4) is 0 Å². The van der Waals surface area contributed by atoms with E-state index in [2.05, 4.69) is 26.6 Å². The van der Waals surface area contributed by atoms with Crippen molar-refractivity contribution in [3.05, 3.63) is 107 Å². The van der Waals surface area contributed by atoms with E-state index in [1.165, 1.54) is 18.2 Å². The smallest absolute Gasteiger partial charge is 0.251 e. The average molecular weight is 618 g/mol. The molecule has 0 unspecified atom stereocenters. The van der Waals surface area contributed by atoms with Crippen molar-refractivity contribution >= 4 is 23.6 Å². The average Bonchev–Trinajstić information content (AvgIpc) is 3.02. The third kappa shape index (κ3) is 11.5. The first-order chi connectivity index (χ1) is 21.6. The summed E-state index contributed by atoms with van der Waals surface area (Å²) in [5, 5.41) is 14.6. The lowest BCUT2D eigenvalue weighted by Gasteiger charge is -2.25. The Kier molecular flexibility index (Phi) is 13.7. The van der Waals surface area contributed by atoms with Crippen molar-refractivity contribution < 1.29 is 23.6 Å². The molecule has 0 aliphatic rings. The van der Waals surface area contributed by atoms with E-state index in [1.54, 1.807) is 37.3 Å². The minimum Gasteiger partial charge on any atom is -0.355 e. The van der Waals surface area contributed by atoms with Crippen LogP contribution >= 0.6 is 0 Å². The van der Waals surface area contributed by atoms with Crippen LogP contribution in [0.4, 0.5) is 4.39 Å². The van der Waals surface area contributed by atoms with Crippen LogP contribution in [0.1, 0.15) is 59.5 Å². The summed E-state index contributed by atoms with van der Waals surface area (Å²) >= 11 is 0. The number of likely N-dealkylation sites (N-methyl/N-ethyl adjacent to an activating group) is 1. The van der Waals surface area contributed by atoms with Crippen molar-refractivity contribution in [2.24, 2.45) is 5.92 Å². The number of benzene rings is 3. The fraction of sp³-hybridized carbons (Fsp3) is 0.371. The second-order valence-corrected chi connectivity index (χ2v) is 11.3. The number of carbonyl (C=O) groups is 4.